The first kappa shape index (κ1) is 27.4. The van der Waals surface area contributed by atoms with Crippen LogP contribution in [0.3, 0.4) is 0 Å². The normalized spacial score (nSPS) is 22.6. The largest absolute Gasteiger partial charge is 0.383 e. The summed E-state index contributed by atoms with van der Waals surface area (Å²) in [5.41, 5.74) is -0.141. The van der Waals surface area contributed by atoms with E-state index in [2.05, 4.69) is 26.7 Å². The zero-order valence-corrected chi connectivity index (χ0v) is 22.6. The van der Waals surface area contributed by atoms with Gasteiger partial charge in [-0.3, -0.25) is 24.7 Å². The molecule has 13 heteroatoms. The van der Waals surface area contributed by atoms with E-state index in [4.69, 9.17) is 4.74 Å². The van der Waals surface area contributed by atoms with E-state index in [0.717, 1.165) is 0 Å². The third-order valence-corrected chi connectivity index (χ3v) is 7.59. The number of pyridine rings is 2. The van der Waals surface area contributed by atoms with E-state index in [0.29, 0.717) is 42.8 Å². The van der Waals surface area contributed by atoms with Gasteiger partial charge in [-0.15, -0.1) is 0 Å². The molecule has 4 aliphatic rings. The monoisotopic (exact) mass is 550 g/mol. The van der Waals surface area contributed by atoms with E-state index in [1.807, 2.05) is 18.9 Å². The van der Waals surface area contributed by atoms with Crippen LogP contribution in [-0.2, 0) is 21.7 Å². The number of carbonyl (C=O) groups is 3. The highest BCUT2D eigenvalue weighted by Crippen LogP contribution is 2.55. The van der Waals surface area contributed by atoms with Gasteiger partial charge in [0.1, 0.15) is 29.1 Å². The maximum atomic E-state index is 15.8. The first-order chi connectivity index (χ1) is 19.1. The number of rotatable bonds is 8. The Bertz CT molecular complexity index is 1390. The van der Waals surface area contributed by atoms with E-state index in [9.17, 15) is 19.6 Å². The van der Waals surface area contributed by atoms with Crippen LogP contribution < -0.4 is 15.5 Å². The maximum Gasteiger partial charge on any atom is 0.328 e. The predicted octanol–water partition coefficient (Wildman–Crippen LogP) is 2.26. The molecule has 1 saturated heterocycles. The number of alkyl halides is 1. The van der Waals surface area contributed by atoms with Crippen LogP contribution in [0, 0.1) is 11.3 Å². The summed E-state index contributed by atoms with van der Waals surface area (Å²) >= 11 is 0. The van der Waals surface area contributed by atoms with Crippen molar-refractivity contribution in [2.75, 3.05) is 55.9 Å². The van der Waals surface area contributed by atoms with Crippen LogP contribution in [0.25, 0.3) is 0 Å². The number of halogens is 1. The van der Waals surface area contributed by atoms with Crippen LogP contribution in [0.4, 0.5) is 26.5 Å². The summed E-state index contributed by atoms with van der Waals surface area (Å²) in [7, 11) is 3.43. The molecule has 2 aromatic rings. The number of carbonyl (C=O) groups excluding carboxylic acids is 3. The van der Waals surface area contributed by atoms with Gasteiger partial charge in [0.2, 0.25) is 5.91 Å². The fraction of sp³-hybridized carbons (Fsp3) is 0.481. The number of hydrogen-bond acceptors (Lipinski definition) is 9. The second-order valence-electron chi connectivity index (χ2n) is 10.6. The van der Waals surface area contributed by atoms with Crippen LogP contribution in [0.5, 0.6) is 0 Å². The summed E-state index contributed by atoms with van der Waals surface area (Å²) < 4.78 is 20.9. The molecule has 3 amide bonds. The Balaban J connectivity index is 1.42. The van der Waals surface area contributed by atoms with Gasteiger partial charge >= 0.3 is 6.03 Å². The van der Waals surface area contributed by atoms with Crippen LogP contribution in [-0.4, -0.2) is 90.5 Å². The molecule has 2 fully saturated rings. The Labute approximate surface area is 231 Å². The average molecular weight is 551 g/mol. The Morgan fingerprint density at radius 2 is 2.15 bits per heavy atom. The second-order valence-corrected chi connectivity index (χ2v) is 10.6. The molecule has 0 radical (unpaired) electrons. The molecule has 1 atom stereocenters. The minimum atomic E-state index is -1.66. The second kappa shape index (κ2) is 10.8. The molecule has 0 spiro atoms. The summed E-state index contributed by atoms with van der Waals surface area (Å²) in [6.45, 7) is 3.87. The molecule has 5 heterocycles. The van der Waals surface area contributed by atoms with Crippen LogP contribution in [0.1, 0.15) is 46.9 Å². The fourth-order valence-electron chi connectivity index (χ4n) is 5.48. The molecule has 2 bridgehead atoms. The standard InChI is InChI=1S/C27H31FN8O4/c1-16(15-40-3)31-21-7-23(30-11-18(21)10-29)33-26(39)36-19-8-27(28,9-19)20-6-17(22(14-37)32-25(20)36)12-35-5-4-34(2)13-24(35)38/h6-7,11,14,16,19H,4-5,8-9,12-13,15H2,1-3H3,(H2,30,31,33,39)/t16-,19?,27?/m1/s1. The first-order valence-corrected chi connectivity index (χ1v) is 13.1. The third kappa shape index (κ3) is 5.07. The number of ether oxygens (including phenoxy) is 1. The van der Waals surface area contributed by atoms with E-state index >= 15 is 4.39 Å². The lowest BCUT2D eigenvalue weighted by Gasteiger charge is -2.52. The molecular weight excluding hydrogens is 519 g/mol. The molecule has 2 aromatic heterocycles. The van der Waals surface area contributed by atoms with Crippen molar-refractivity contribution in [3.63, 3.8) is 0 Å². The number of piperazine rings is 1. The van der Waals surface area contributed by atoms with Crippen molar-refractivity contribution < 1.29 is 23.5 Å². The number of hydrogen-bond donors (Lipinski definition) is 2. The Morgan fingerprint density at radius 1 is 1.38 bits per heavy atom. The van der Waals surface area contributed by atoms with Gasteiger partial charge in [0.05, 0.1) is 24.4 Å². The van der Waals surface area contributed by atoms with Gasteiger partial charge in [-0.2, -0.15) is 5.26 Å². The molecule has 40 heavy (non-hydrogen) atoms. The highest BCUT2D eigenvalue weighted by atomic mass is 19.1. The Kier molecular flexibility index (Phi) is 7.39. The van der Waals surface area contributed by atoms with Crippen LogP contribution in [0.2, 0.25) is 0 Å². The summed E-state index contributed by atoms with van der Waals surface area (Å²) in [4.78, 5) is 51.6. The summed E-state index contributed by atoms with van der Waals surface area (Å²) in [6, 6.07) is 4.07. The predicted molar refractivity (Wildman–Crippen MR) is 144 cm³/mol. The van der Waals surface area contributed by atoms with Crippen molar-refractivity contribution in [3.8, 4) is 6.07 Å². The lowest BCUT2D eigenvalue weighted by atomic mass is 9.68. The van der Waals surface area contributed by atoms with Gasteiger partial charge in [-0.05, 0) is 20.0 Å². The van der Waals surface area contributed by atoms with Gasteiger partial charge in [-0.1, -0.05) is 0 Å². The number of urea groups is 1. The summed E-state index contributed by atoms with van der Waals surface area (Å²) in [5.74, 6) is 0.192. The number of likely N-dealkylation sites (N-methyl/N-ethyl adjacent to an activating group) is 1. The molecule has 6 rings (SSSR count). The topological polar surface area (TPSA) is 144 Å². The lowest BCUT2D eigenvalue weighted by Crippen LogP contribution is -2.60. The van der Waals surface area contributed by atoms with Gasteiger partial charge in [0, 0.05) is 75.1 Å². The molecule has 210 valence electrons. The van der Waals surface area contributed by atoms with Crippen molar-refractivity contribution in [1.29, 1.82) is 5.26 Å². The fourth-order valence-corrected chi connectivity index (χ4v) is 5.48. The zero-order valence-electron chi connectivity index (χ0n) is 22.6. The van der Waals surface area contributed by atoms with Gasteiger partial charge in [0.25, 0.3) is 0 Å². The van der Waals surface area contributed by atoms with Crippen LogP contribution in [0.15, 0.2) is 18.3 Å². The van der Waals surface area contributed by atoms with Gasteiger partial charge in [0.15, 0.2) is 6.29 Å². The van der Waals surface area contributed by atoms with E-state index in [-0.39, 0.29) is 60.8 Å². The van der Waals surface area contributed by atoms with Crippen LogP contribution >= 0.6 is 0 Å². The molecule has 1 saturated carbocycles. The molecule has 2 N–H and O–H groups in total. The van der Waals surface area contributed by atoms with Gasteiger partial charge in [-0.25, -0.2) is 19.2 Å². The van der Waals surface area contributed by atoms with Crippen molar-refractivity contribution in [1.82, 2.24) is 19.8 Å². The maximum absolute atomic E-state index is 15.8. The molecule has 0 unspecified atom stereocenters. The summed E-state index contributed by atoms with van der Waals surface area (Å²) in [6.07, 6.45) is 2.13. The molecule has 3 aliphatic heterocycles. The third-order valence-electron chi connectivity index (χ3n) is 7.59. The number of anilines is 3. The molecule has 12 nitrogen and oxygen atoms in total. The average Bonchev–Trinajstić information content (AvgIpc) is 2.89. The minimum absolute atomic E-state index is 0.0586. The Hall–Kier alpha value is -4.15. The number of nitrogens with one attached hydrogen (secondary N) is 2. The quantitative estimate of drug-likeness (QED) is 0.473. The Morgan fingerprint density at radius 3 is 2.83 bits per heavy atom. The minimum Gasteiger partial charge on any atom is -0.383 e. The number of methoxy groups -OCH3 is 1. The van der Waals surface area contributed by atoms with Gasteiger partial charge < -0.3 is 15.0 Å². The highest BCUT2D eigenvalue weighted by molar-refractivity contribution is 6.03. The first-order valence-electron chi connectivity index (χ1n) is 13.1. The van der Waals surface area contributed by atoms with Crippen molar-refractivity contribution >= 4 is 35.5 Å². The zero-order chi connectivity index (χ0) is 28.6. The number of aldehydes is 1. The smallest absolute Gasteiger partial charge is 0.328 e. The van der Waals surface area contributed by atoms with Crippen molar-refractivity contribution in [3.05, 3.63) is 40.7 Å². The number of amides is 3. The number of nitriles is 1. The molecular formula is C27H31FN8O4. The number of aromatic nitrogens is 2. The summed E-state index contributed by atoms with van der Waals surface area (Å²) in [5, 5.41) is 15.4. The molecule has 0 aromatic carbocycles. The molecule has 1 aliphatic carbocycles. The van der Waals surface area contributed by atoms with E-state index < -0.39 is 17.7 Å². The van der Waals surface area contributed by atoms with Crippen molar-refractivity contribution in [2.24, 2.45) is 0 Å². The lowest BCUT2D eigenvalue weighted by molar-refractivity contribution is -0.136. The van der Waals surface area contributed by atoms with E-state index in [1.165, 1.54) is 11.1 Å². The van der Waals surface area contributed by atoms with Crippen molar-refractivity contribution in [2.45, 2.75) is 44.1 Å². The van der Waals surface area contributed by atoms with E-state index in [1.54, 1.807) is 24.1 Å². The SMILES string of the molecule is COC[C@@H](C)Nc1cc(NC(=O)N2c3nc(C=O)c(CN4CCN(C)CC4=O)cc3C3(F)CC2C3)ncc1C#N. The number of nitrogens with zero attached hydrogens (tertiary/aromatic N) is 6. The highest BCUT2D eigenvalue weighted by Gasteiger charge is 2.57.